The van der Waals surface area contributed by atoms with Gasteiger partial charge in [0.1, 0.15) is 12.4 Å². The lowest BCUT2D eigenvalue weighted by Gasteiger charge is -2.28. The third kappa shape index (κ3) is 6.31. The van der Waals surface area contributed by atoms with Gasteiger partial charge in [0.05, 0.1) is 0 Å². The maximum atomic E-state index is 14.8. The number of ether oxygens (including phenoxy) is 1. The van der Waals surface area contributed by atoms with Crippen LogP contribution in [0.15, 0.2) is 30.3 Å². The molecule has 1 saturated heterocycles. The monoisotopic (exact) mass is 456 g/mol. The molecular formula is C24H29F5OSi. The Morgan fingerprint density at radius 3 is 2.23 bits per heavy atom. The summed E-state index contributed by atoms with van der Waals surface area (Å²) in [5.74, 6) is -3.35. The van der Waals surface area contributed by atoms with Gasteiger partial charge < -0.3 is 4.74 Å². The number of unbranched alkanes of at least 4 members (excludes halogenated alkanes) is 2. The van der Waals surface area contributed by atoms with Crippen molar-refractivity contribution in [3.63, 3.8) is 0 Å². The lowest BCUT2D eigenvalue weighted by atomic mass is 9.91. The van der Waals surface area contributed by atoms with Gasteiger partial charge in [-0.15, -0.1) is 0 Å². The molecule has 0 aromatic heterocycles. The second kappa shape index (κ2) is 11.1. The van der Waals surface area contributed by atoms with Gasteiger partial charge in [0.25, 0.3) is 6.43 Å². The Balaban J connectivity index is 1.69. The van der Waals surface area contributed by atoms with E-state index in [2.05, 4.69) is 11.7 Å². The first-order valence-electron chi connectivity index (χ1n) is 11.1. The Morgan fingerprint density at radius 2 is 1.65 bits per heavy atom. The van der Waals surface area contributed by atoms with E-state index in [9.17, 15) is 22.0 Å². The molecular weight excluding hydrogens is 427 g/mol. The molecule has 0 unspecified atom stereocenters. The SMILES string of the molecule is CCCCC[Si@H]1CC[C@H](c2ccc(-c3cc(F)c(OCC(F)F)c(F)c3)c(F)c2)CC1. The molecule has 0 bridgehead atoms. The largest absolute Gasteiger partial charge is 0.482 e. The summed E-state index contributed by atoms with van der Waals surface area (Å²) in [5, 5.41) is 0. The van der Waals surface area contributed by atoms with Gasteiger partial charge in [-0.05, 0) is 48.1 Å². The molecule has 0 atom stereocenters. The van der Waals surface area contributed by atoms with Crippen LogP contribution in [0.25, 0.3) is 11.1 Å². The van der Waals surface area contributed by atoms with Gasteiger partial charge in [0.15, 0.2) is 17.4 Å². The van der Waals surface area contributed by atoms with Gasteiger partial charge in [0, 0.05) is 14.4 Å². The third-order valence-electron chi connectivity index (χ3n) is 6.19. The second-order valence-corrected chi connectivity index (χ2v) is 11.9. The van der Waals surface area contributed by atoms with Crippen LogP contribution in [0.4, 0.5) is 22.0 Å². The maximum Gasteiger partial charge on any atom is 0.272 e. The Kier molecular flexibility index (Phi) is 8.52. The highest BCUT2D eigenvalue weighted by Crippen LogP contribution is 2.37. The third-order valence-corrected chi connectivity index (χ3v) is 9.71. The fourth-order valence-electron chi connectivity index (χ4n) is 4.49. The molecule has 0 radical (unpaired) electrons. The number of hydrogen-bond acceptors (Lipinski definition) is 1. The summed E-state index contributed by atoms with van der Waals surface area (Å²) in [5.41, 5.74) is 1.01. The van der Waals surface area contributed by atoms with Gasteiger partial charge in [0.2, 0.25) is 0 Å². The summed E-state index contributed by atoms with van der Waals surface area (Å²) < 4.78 is 72.2. The Bertz CT molecular complexity index is 842. The minimum atomic E-state index is -2.85. The molecule has 0 aliphatic carbocycles. The van der Waals surface area contributed by atoms with Crippen LogP contribution < -0.4 is 4.74 Å². The van der Waals surface area contributed by atoms with E-state index in [1.165, 1.54) is 43.5 Å². The van der Waals surface area contributed by atoms with Crippen molar-refractivity contribution in [2.75, 3.05) is 6.61 Å². The van der Waals surface area contributed by atoms with Crippen molar-refractivity contribution in [1.29, 1.82) is 0 Å². The van der Waals surface area contributed by atoms with Gasteiger partial charge in [-0.1, -0.05) is 56.5 Å². The van der Waals surface area contributed by atoms with Gasteiger partial charge in [-0.3, -0.25) is 0 Å². The first kappa shape index (κ1) is 23.8. The fourth-order valence-corrected chi connectivity index (χ4v) is 7.97. The molecule has 1 heterocycles. The van der Waals surface area contributed by atoms with Gasteiger partial charge in [-0.25, -0.2) is 22.0 Å². The summed E-state index contributed by atoms with van der Waals surface area (Å²) in [7, 11) is -0.656. The van der Waals surface area contributed by atoms with Gasteiger partial charge in [-0.2, -0.15) is 0 Å². The zero-order valence-corrected chi connectivity index (χ0v) is 18.9. The molecule has 1 fully saturated rings. The van der Waals surface area contributed by atoms with E-state index in [0.717, 1.165) is 30.5 Å². The summed E-state index contributed by atoms with van der Waals surface area (Å²) in [4.78, 5) is 0. The van der Waals surface area contributed by atoms with E-state index < -0.39 is 45.0 Å². The Hall–Kier alpha value is -1.89. The second-order valence-electron chi connectivity index (χ2n) is 8.42. The van der Waals surface area contributed by atoms with Gasteiger partial charge >= 0.3 is 0 Å². The zero-order chi connectivity index (χ0) is 22.4. The highest BCUT2D eigenvalue weighted by atomic mass is 28.3. The standard InChI is InChI=1S/C24H29F5OSi/c1-2-3-4-9-31-10-7-16(8-11-31)17-5-6-19(20(25)12-17)18-13-21(26)24(22(27)14-18)30-15-23(28)29/h5-6,12-14,16,23,31H,2-4,7-11,15H2,1H3/t16-,31-. The smallest absolute Gasteiger partial charge is 0.272 e. The summed E-state index contributed by atoms with van der Waals surface area (Å²) in [6.45, 7) is 1.11. The van der Waals surface area contributed by atoms with Crippen LogP contribution >= 0.6 is 0 Å². The minimum absolute atomic E-state index is 0.00971. The molecule has 31 heavy (non-hydrogen) atoms. The van der Waals surface area contributed by atoms with Crippen molar-refractivity contribution in [1.82, 2.24) is 0 Å². The summed E-state index contributed by atoms with van der Waals surface area (Å²) >= 11 is 0. The van der Waals surface area contributed by atoms with Crippen molar-refractivity contribution in [3.05, 3.63) is 53.3 Å². The Morgan fingerprint density at radius 1 is 0.968 bits per heavy atom. The molecule has 0 amide bonds. The van der Waals surface area contributed by atoms with Crippen LogP contribution in [-0.4, -0.2) is 21.8 Å². The predicted octanol–water partition coefficient (Wildman–Crippen LogP) is 7.71. The lowest BCUT2D eigenvalue weighted by Crippen LogP contribution is -2.20. The molecule has 1 aliphatic heterocycles. The van der Waals surface area contributed by atoms with Crippen molar-refractivity contribution in [2.24, 2.45) is 0 Å². The van der Waals surface area contributed by atoms with E-state index >= 15 is 0 Å². The molecule has 170 valence electrons. The van der Waals surface area contributed by atoms with Crippen molar-refractivity contribution in [2.45, 2.75) is 69.5 Å². The molecule has 2 aromatic rings. The highest BCUT2D eigenvalue weighted by molar-refractivity contribution is 6.59. The predicted molar refractivity (Wildman–Crippen MR) is 116 cm³/mol. The molecule has 0 spiro atoms. The van der Waals surface area contributed by atoms with E-state index in [1.807, 2.05) is 6.07 Å². The van der Waals surface area contributed by atoms with Crippen LogP contribution in [0.1, 0.15) is 50.5 Å². The first-order valence-corrected chi connectivity index (χ1v) is 13.5. The zero-order valence-electron chi connectivity index (χ0n) is 17.8. The van der Waals surface area contributed by atoms with E-state index in [0.29, 0.717) is 5.92 Å². The van der Waals surface area contributed by atoms with E-state index in [4.69, 9.17) is 0 Å². The Labute approximate surface area is 182 Å². The minimum Gasteiger partial charge on any atom is -0.482 e. The number of hydrogen-bond donors (Lipinski definition) is 0. The van der Waals surface area contributed by atoms with Crippen LogP contribution in [0, 0.1) is 17.5 Å². The normalized spacial score (nSPS) is 19.1. The van der Waals surface area contributed by atoms with Crippen LogP contribution in [0.2, 0.25) is 18.1 Å². The number of benzene rings is 2. The molecule has 1 nitrogen and oxygen atoms in total. The lowest BCUT2D eigenvalue weighted by molar-refractivity contribution is 0.0777. The number of halogens is 5. The quantitative estimate of drug-likeness (QED) is 0.213. The molecule has 0 saturated carbocycles. The number of rotatable bonds is 9. The van der Waals surface area contributed by atoms with Crippen LogP contribution in [0.5, 0.6) is 5.75 Å². The average Bonchev–Trinajstić information content (AvgIpc) is 2.73. The van der Waals surface area contributed by atoms with Crippen molar-refractivity contribution < 1.29 is 26.7 Å². The molecule has 1 aliphatic rings. The molecule has 7 heteroatoms. The maximum absolute atomic E-state index is 14.8. The number of alkyl halides is 2. The first-order chi connectivity index (χ1) is 14.9. The van der Waals surface area contributed by atoms with E-state index in [1.54, 1.807) is 6.07 Å². The topological polar surface area (TPSA) is 9.23 Å². The summed E-state index contributed by atoms with van der Waals surface area (Å²) in [6.07, 6.45) is 3.20. The van der Waals surface area contributed by atoms with Crippen LogP contribution in [-0.2, 0) is 0 Å². The van der Waals surface area contributed by atoms with E-state index in [-0.39, 0.29) is 11.1 Å². The van der Waals surface area contributed by atoms with Crippen molar-refractivity contribution in [3.8, 4) is 16.9 Å². The summed E-state index contributed by atoms with van der Waals surface area (Å²) in [6, 6.07) is 10.6. The highest BCUT2D eigenvalue weighted by Gasteiger charge is 2.24. The molecule has 0 N–H and O–H groups in total. The van der Waals surface area contributed by atoms with Crippen molar-refractivity contribution >= 4 is 8.80 Å². The molecule has 2 aromatic carbocycles. The van der Waals surface area contributed by atoms with Crippen LogP contribution in [0.3, 0.4) is 0 Å². The average molecular weight is 457 g/mol. The molecule has 3 rings (SSSR count). The fraction of sp³-hybridized carbons (Fsp3) is 0.500.